The van der Waals surface area contributed by atoms with E-state index in [0.717, 1.165) is 17.1 Å². The van der Waals surface area contributed by atoms with E-state index in [1.165, 1.54) is 10.4 Å². The lowest BCUT2D eigenvalue weighted by Crippen LogP contribution is -2.46. The molecule has 0 spiro atoms. The fourth-order valence-corrected chi connectivity index (χ4v) is 6.45. The molecule has 1 N–H and O–H groups in total. The van der Waals surface area contributed by atoms with Crippen LogP contribution in [0.25, 0.3) is 0 Å². The number of rotatable bonds is 3. The summed E-state index contributed by atoms with van der Waals surface area (Å²) in [5.74, 6) is -0.338. The zero-order chi connectivity index (χ0) is 15.1. The van der Waals surface area contributed by atoms with Gasteiger partial charge in [0.15, 0.2) is 0 Å². The van der Waals surface area contributed by atoms with E-state index in [1.54, 1.807) is 18.7 Å². The number of carboxylic acids is 1. The fourth-order valence-electron chi connectivity index (χ4n) is 2.14. The highest BCUT2D eigenvalue weighted by Gasteiger charge is 2.36. The molecule has 20 heavy (non-hydrogen) atoms. The molecule has 1 aliphatic heterocycles. The maximum absolute atomic E-state index is 12.7. The van der Waals surface area contributed by atoms with Crippen molar-refractivity contribution in [2.24, 2.45) is 0 Å². The molecule has 1 fully saturated rings. The molecule has 1 aliphatic rings. The molecule has 0 aromatic carbocycles. The lowest BCUT2D eigenvalue weighted by atomic mass is 10.2. The van der Waals surface area contributed by atoms with Crippen LogP contribution < -0.4 is 0 Å². The molecule has 1 aromatic rings. The zero-order valence-electron chi connectivity index (χ0n) is 11.5. The number of carbonyl (C=O) groups is 1. The van der Waals surface area contributed by atoms with E-state index in [1.807, 2.05) is 13.8 Å². The minimum absolute atomic E-state index is 0.0618. The molecular weight excluding hydrogens is 318 g/mol. The Labute approximate surface area is 127 Å². The summed E-state index contributed by atoms with van der Waals surface area (Å²) in [7, 11) is -3.61. The van der Waals surface area contributed by atoms with Crippen LogP contribution in [0.4, 0.5) is 0 Å². The van der Waals surface area contributed by atoms with E-state index < -0.39 is 16.0 Å². The van der Waals surface area contributed by atoms with Crippen molar-refractivity contribution < 1.29 is 18.3 Å². The summed E-state index contributed by atoms with van der Waals surface area (Å²) in [5, 5.41) is 8.98. The van der Waals surface area contributed by atoms with E-state index >= 15 is 0 Å². The summed E-state index contributed by atoms with van der Waals surface area (Å²) >= 11 is 2.75. The summed E-state index contributed by atoms with van der Waals surface area (Å²) in [6, 6.07) is 1.27. The molecule has 5 nitrogen and oxygen atoms in total. The molecule has 112 valence electrons. The highest BCUT2D eigenvalue weighted by molar-refractivity contribution is 8.00. The van der Waals surface area contributed by atoms with Crippen molar-refractivity contribution in [3.05, 3.63) is 15.8 Å². The SMILES string of the molecule is Cc1sc(C(=O)O)cc1S(=O)(=O)N1CCSC(C)(C)C1. The van der Waals surface area contributed by atoms with Crippen LogP contribution >= 0.6 is 23.1 Å². The normalized spacial score (nSPS) is 19.9. The van der Waals surface area contributed by atoms with Gasteiger partial charge in [0.25, 0.3) is 0 Å². The third kappa shape index (κ3) is 3.03. The number of hydrogen-bond donors (Lipinski definition) is 1. The second-order valence-electron chi connectivity index (χ2n) is 5.28. The van der Waals surface area contributed by atoms with Crippen molar-refractivity contribution in [3.8, 4) is 0 Å². The molecule has 0 atom stereocenters. The lowest BCUT2D eigenvalue weighted by Gasteiger charge is -2.36. The average Bonchev–Trinajstić information content (AvgIpc) is 2.71. The van der Waals surface area contributed by atoms with Crippen LogP contribution in [0.3, 0.4) is 0 Å². The van der Waals surface area contributed by atoms with Gasteiger partial charge in [0.1, 0.15) is 4.88 Å². The topological polar surface area (TPSA) is 74.7 Å². The maximum Gasteiger partial charge on any atom is 0.345 e. The minimum atomic E-state index is -3.61. The predicted octanol–water partition coefficient (Wildman–Crippen LogP) is 2.27. The fraction of sp³-hybridized carbons (Fsp3) is 0.583. The van der Waals surface area contributed by atoms with Gasteiger partial charge in [0.05, 0.1) is 4.90 Å². The van der Waals surface area contributed by atoms with Crippen molar-refractivity contribution in [2.45, 2.75) is 30.4 Å². The van der Waals surface area contributed by atoms with E-state index in [0.29, 0.717) is 18.0 Å². The van der Waals surface area contributed by atoms with E-state index in [4.69, 9.17) is 5.11 Å². The van der Waals surface area contributed by atoms with Gasteiger partial charge in [-0.25, -0.2) is 13.2 Å². The molecule has 0 aliphatic carbocycles. The zero-order valence-corrected chi connectivity index (χ0v) is 14.0. The van der Waals surface area contributed by atoms with Gasteiger partial charge in [0.2, 0.25) is 10.0 Å². The van der Waals surface area contributed by atoms with Crippen molar-refractivity contribution >= 4 is 39.1 Å². The number of carboxylic acid groups (broad SMARTS) is 1. The van der Waals surface area contributed by atoms with Gasteiger partial charge in [-0.05, 0) is 26.8 Å². The number of thioether (sulfide) groups is 1. The Morgan fingerprint density at radius 1 is 1.45 bits per heavy atom. The van der Waals surface area contributed by atoms with Gasteiger partial charge in [-0.2, -0.15) is 16.1 Å². The molecule has 1 saturated heterocycles. The molecular formula is C12H17NO4S3. The summed E-state index contributed by atoms with van der Waals surface area (Å²) in [4.78, 5) is 11.7. The highest BCUT2D eigenvalue weighted by Crippen LogP contribution is 2.34. The Kier molecular flexibility index (Phi) is 4.21. The molecule has 0 amide bonds. The van der Waals surface area contributed by atoms with E-state index in [9.17, 15) is 13.2 Å². The summed E-state index contributed by atoms with van der Waals surface area (Å²) in [5.41, 5.74) is 0. The van der Waals surface area contributed by atoms with E-state index in [2.05, 4.69) is 0 Å². The molecule has 0 saturated carbocycles. The molecule has 1 aromatic heterocycles. The van der Waals surface area contributed by atoms with Crippen LogP contribution in [0.5, 0.6) is 0 Å². The summed E-state index contributed by atoms with van der Waals surface area (Å²) < 4.78 is 26.7. The Morgan fingerprint density at radius 2 is 2.10 bits per heavy atom. The smallest absolute Gasteiger partial charge is 0.345 e. The number of aryl methyl sites for hydroxylation is 1. The predicted molar refractivity (Wildman–Crippen MR) is 81.3 cm³/mol. The highest BCUT2D eigenvalue weighted by atomic mass is 32.2. The van der Waals surface area contributed by atoms with Crippen LogP contribution in [0, 0.1) is 6.92 Å². The van der Waals surface area contributed by atoms with Gasteiger partial charge < -0.3 is 5.11 Å². The molecule has 0 bridgehead atoms. The standard InChI is InChI=1S/C12H17NO4S3/c1-8-10(6-9(19-8)11(14)15)20(16,17)13-4-5-18-12(2,3)7-13/h6H,4-5,7H2,1-3H3,(H,14,15). The summed E-state index contributed by atoms with van der Waals surface area (Å²) in [6.07, 6.45) is 0. The van der Waals surface area contributed by atoms with Gasteiger partial charge in [0, 0.05) is 28.5 Å². The molecule has 0 radical (unpaired) electrons. The summed E-state index contributed by atoms with van der Waals surface area (Å²) in [6.45, 7) is 6.59. The Balaban J connectivity index is 2.37. The van der Waals surface area contributed by atoms with Gasteiger partial charge in [-0.1, -0.05) is 0 Å². The van der Waals surface area contributed by atoms with Crippen LogP contribution in [0.2, 0.25) is 0 Å². The maximum atomic E-state index is 12.7. The first kappa shape index (κ1) is 15.8. The van der Waals surface area contributed by atoms with Gasteiger partial charge in [-0.15, -0.1) is 11.3 Å². The molecule has 2 heterocycles. The molecule has 8 heteroatoms. The van der Waals surface area contributed by atoms with Gasteiger partial charge >= 0.3 is 5.97 Å². The second kappa shape index (κ2) is 5.32. The first-order valence-corrected chi connectivity index (χ1v) is 9.35. The lowest BCUT2D eigenvalue weighted by molar-refractivity contribution is 0.0702. The number of thiophene rings is 1. The van der Waals surface area contributed by atoms with Crippen LogP contribution in [0.15, 0.2) is 11.0 Å². The van der Waals surface area contributed by atoms with Crippen molar-refractivity contribution in [3.63, 3.8) is 0 Å². The second-order valence-corrected chi connectivity index (χ2v) is 10.2. The largest absolute Gasteiger partial charge is 0.477 e. The Hall–Kier alpha value is -0.570. The average molecular weight is 335 g/mol. The Bertz CT molecular complexity index is 633. The van der Waals surface area contributed by atoms with E-state index in [-0.39, 0.29) is 14.5 Å². The number of nitrogens with zero attached hydrogens (tertiary/aromatic N) is 1. The van der Waals surface area contributed by atoms with Crippen molar-refractivity contribution in [1.82, 2.24) is 4.31 Å². The van der Waals surface area contributed by atoms with Crippen LogP contribution in [0.1, 0.15) is 28.4 Å². The Morgan fingerprint density at radius 3 is 2.60 bits per heavy atom. The van der Waals surface area contributed by atoms with Crippen molar-refractivity contribution in [1.29, 1.82) is 0 Å². The third-order valence-electron chi connectivity index (χ3n) is 3.09. The van der Waals surface area contributed by atoms with Crippen LogP contribution in [-0.4, -0.2) is 47.4 Å². The van der Waals surface area contributed by atoms with Crippen LogP contribution in [-0.2, 0) is 10.0 Å². The number of aromatic carboxylic acids is 1. The first-order valence-electron chi connectivity index (χ1n) is 6.11. The minimum Gasteiger partial charge on any atom is -0.477 e. The van der Waals surface area contributed by atoms with Gasteiger partial charge in [-0.3, -0.25) is 0 Å². The van der Waals surface area contributed by atoms with Crippen molar-refractivity contribution in [2.75, 3.05) is 18.8 Å². The molecule has 2 rings (SSSR count). The third-order valence-corrected chi connectivity index (χ3v) is 7.53. The number of hydrogen-bond acceptors (Lipinski definition) is 5. The number of sulfonamides is 1. The quantitative estimate of drug-likeness (QED) is 0.917. The monoisotopic (exact) mass is 335 g/mol. The first-order chi connectivity index (χ1) is 9.13. The molecule has 0 unspecified atom stereocenters.